The summed E-state index contributed by atoms with van der Waals surface area (Å²) < 4.78 is 27.6. The van der Waals surface area contributed by atoms with Gasteiger partial charge < -0.3 is 5.32 Å². The number of aryl methyl sites for hydroxylation is 1. The number of benzene rings is 2. The highest BCUT2D eigenvalue weighted by Gasteiger charge is 2.07. The second kappa shape index (κ2) is 5.65. The summed E-state index contributed by atoms with van der Waals surface area (Å²) in [6.45, 7) is 2.29. The molecule has 0 atom stereocenters. The molecule has 94 valence electrons. The zero-order valence-electron chi connectivity index (χ0n) is 9.81. The number of hydrogen-bond acceptors (Lipinski definition) is 1. The van der Waals surface area contributed by atoms with Crippen molar-refractivity contribution < 1.29 is 8.78 Å². The lowest BCUT2D eigenvalue weighted by Crippen LogP contribution is -2.03. The first-order chi connectivity index (χ1) is 8.58. The minimum atomic E-state index is -0.812. The predicted octanol–water partition coefficient (Wildman–Crippen LogP) is 4.49. The number of hydrogen-bond donors (Lipinski definition) is 1. The van der Waals surface area contributed by atoms with E-state index in [0.29, 0.717) is 5.56 Å². The van der Waals surface area contributed by atoms with Gasteiger partial charge in [-0.1, -0.05) is 18.2 Å². The van der Waals surface area contributed by atoms with Crippen LogP contribution in [0, 0.1) is 22.1 Å². The van der Waals surface area contributed by atoms with Gasteiger partial charge in [0.15, 0.2) is 11.6 Å². The molecule has 0 fully saturated rings. The van der Waals surface area contributed by atoms with Crippen molar-refractivity contribution in [3.05, 3.63) is 62.7 Å². The van der Waals surface area contributed by atoms with E-state index < -0.39 is 11.6 Å². The van der Waals surface area contributed by atoms with Crippen molar-refractivity contribution in [1.29, 1.82) is 0 Å². The Morgan fingerprint density at radius 3 is 2.67 bits per heavy atom. The van der Waals surface area contributed by atoms with Gasteiger partial charge in [0, 0.05) is 21.4 Å². The molecule has 0 saturated heterocycles. The molecule has 2 rings (SSSR count). The predicted molar refractivity (Wildman–Crippen MR) is 77.6 cm³/mol. The zero-order chi connectivity index (χ0) is 13.1. The van der Waals surface area contributed by atoms with Gasteiger partial charge in [-0.3, -0.25) is 0 Å². The van der Waals surface area contributed by atoms with E-state index in [4.69, 9.17) is 0 Å². The highest BCUT2D eigenvalue weighted by molar-refractivity contribution is 14.1. The largest absolute Gasteiger partial charge is 0.381 e. The third-order valence-electron chi connectivity index (χ3n) is 2.69. The van der Waals surface area contributed by atoms with Gasteiger partial charge in [0.25, 0.3) is 0 Å². The molecule has 18 heavy (non-hydrogen) atoms. The lowest BCUT2D eigenvalue weighted by molar-refractivity contribution is 0.500. The van der Waals surface area contributed by atoms with Crippen LogP contribution in [0.15, 0.2) is 36.4 Å². The summed E-state index contributed by atoms with van der Waals surface area (Å²) in [5.41, 5.74) is 2.41. The Bertz CT molecular complexity index is 570. The molecular weight excluding hydrogens is 347 g/mol. The molecule has 0 aliphatic carbocycles. The maximum absolute atomic E-state index is 13.4. The first-order valence-corrected chi connectivity index (χ1v) is 6.58. The van der Waals surface area contributed by atoms with Crippen LogP contribution < -0.4 is 5.32 Å². The molecule has 1 nitrogen and oxygen atoms in total. The van der Waals surface area contributed by atoms with Crippen LogP contribution in [0.1, 0.15) is 11.1 Å². The molecule has 0 unspecified atom stereocenters. The molecule has 4 heteroatoms. The van der Waals surface area contributed by atoms with Crippen molar-refractivity contribution in [3.63, 3.8) is 0 Å². The quantitative estimate of drug-likeness (QED) is 0.797. The Kier molecular flexibility index (Phi) is 4.16. The molecule has 0 aliphatic heterocycles. The summed E-state index contributed by atoms with van der Waals surface area (Å²) in [5, 5.41) is 3.09. The van der Waals surface area contributed by atoms with Crippen LogP contribution >= 0.6 is 22.6 Å². The van der Waals surface area contributed by atoms with Crippen molar-refractivity contribution in [2.75, 3.05) is 5.32 Å². The van der Waals surface area contributed by atoms with Crippen LogP contribution in [0.2, 0.25) is 0 Å². The Morgan fingerprint density at radius 1 is 1.17 bits per heavy atom. The van der Waals surface area contributed by atoms with Gasteiger partial charge in [-0.05, 0) is 53.3 Å². The molecule has 2 aromatic carbocycles. The average Bonchev–Trinajstić information content (AvgIpc) is 2.35. The average molecular weight is 359 g/mol. The minimum Gasteiger partial charge on any atom is -0.381 e. The fraction of sp³-hybridized carbons (Fsp3) is 0.143. The van der Waals surface area contributed by atoms with Crippen LogP contribution in [-0.4, -0.2) is 0 Å². The van der Waals surface area contributed by atoms with Gasteiger partial charge in [-0.25, -0.2) is 8.78 Å². The highest BCUT2D eigenvalue weighted by atomic mass is 127. The van der Waals surface area contributed by atoms with Gasteiger partial charge in [-0.2, -0.15) is 0 Å². The second-order valence-corrected chi connectivity index (χ2v) is 5.19. The molecule has 2 aromatic rings. The fourth-order valence-corrected chi connectivity index (χ4v) is 2.10. The topological polar surface area (TPSA) is 12.0 Å². The normalized spacial score (nSPS) is 10.4. The van der Waals surface area contributed by atoms with Crippen molar-refractivity contribution >= 4 is 28.3 Å². The first kappa shape index (κ1) is 13.3. The van der Waals surface area contributed by atoms with Gasteiger partial charge in [0.05, 0.1) is 0 Å². The van der Waals surface area contributed by atoms with E-state index in [1.807, 2.05) is 25.1 Å². The third kappa shape index (κ3) is 2.98. The Labute approximate surface area is 118 Å². The molecule has 0 bridgehead atoms. The number of rotatable bonds is 3. The van der Waals surface area contributed by atoms with E-state index in [1.165, 1.54) is 11.6 Å². The fourth-order valence-electron chi connectivity index (χ4n) is 1.59. The molecule has 0 spiro atoms. The maximum Gasteiger partial charge on any atom is 0.163 e. The molecule has 0 aromatic heterocycles. The Hall–Kier alpha value is -1.17. The smallest absolute Gasteiger partial charge is 0.163 e. The van der Waals surface area contributed by atoms with E-state index in [9.17, 15) is 8.78 Å². The van der Waals surface area contributed by atoms with Gasteiger partial charge in [0.2, 0.25) is 0 Å². The van der Waals surface area contributed by atoms with Crippen molar-refractivity contribution in [2.24, 2.45) is 0 Å². The third-order valence-corrected chi connectivity index (χ3v) is 3.85. The molecule has 0 saturated carbocycles. The molecular formula is C14H12F2IN. The van der Waals surface area contributed by atoms with Crippen molar-refractivity contribution in [3.8, 4) is 0 Å². The van der Waals surface area contributed by atoms with Gasteiger partial charge in [-0.15, -0.1) is 0 Å². The first-order valence-electron chi connectivity index (χ1n) is 5.51. The van der Waals surface area contributed by atoms with Crippen LogP contribution in [0.25, 0.3) is 0 Å². The summed E-state index contributed by atoms with van der Waals surface area (Å²) in [5.74, 6) is -1.60. The minimum absolute atomic E-state index is 0.267. The summed E-state index contributed by atoms with van der Waals surface area (Å²) in [6.07, 6.45) is 0. The molecule has 0 radical (unpaired) electrons. The molecule has 0 aliphatic rings. The molecule has 0 heterocycles. The van der Waals surface area contributed by atoms with E-state index >= 15 is 0 Å². The summed E-state index contributed by atoms with van der Waals surface area (Å²) in [7, 11) is 0. The monoisotopic (exact) mass is 359 g/mol. The summed E-state index contributed by atoms with van der Waals surface area (Å²) >= 11 is 2.24. The van der Waals surface area contributed by atoms with Crippen LogP contribution in [0.3, 0.4) is 0 Å². The van der Waals surface area contributed by atoms with E-state index in [-0.39, 0.29) is 6.54 Å². The van der Waals surface area contributed by atoms with Crippen LogP contribution in [0.4, 0.5) is 14.5 Å². The second-order valence-electron chi connectivity index (χ2n) is 4.03. The SMILES string of the molecule is Cc1ccc(NCc2cccc(F)c2F)cc1I. The molecule has 1 N–H and O–H groups in total. The Morgan fingerprint density at radius 2 is 1.94 bits per heavy atom. The Balaban J connectivity index is 2.11. The van der Waals surface area contributed by atoms with Gasteiger partial charge in [0.1, 0.15) is 0 Å². The standard InChI is InChI=1S/C14H12F2IN/c1-9-5-6-11(7-13(9)17)18-8-10-3-2-4-12(15)14(10)16/h2-7,18H,8H2,1H3. The molecule has 0 amide bonds. The van der Waals surface area contributed by atoms with Crippen LogP contribution in [-0.2, 0) is 6.54 Å². The number of nitrogens with one attached hydrogen (secondary N) is 1. The van der Waals surface area contributed by atoms with Crippen molar-refractivity contribution in [1.82, 2.24) is 0 Å². The van der Waals surface area contributed by atoms with E-state index in [1.54, 1.807) is 6.07 Å². The lowest BCUT2D eigenvalue weighted by Gasteiger charge is -2.09. The van der Waals surface area contributed by atoms with Gasteiger partial charge >= 0.3 is 0 Å². The lowest BCUT2D eigenvalue weighted by atomic mass is 10.2. The highest BCUT2D eigenvalue weighted by Crippen LogP contribution is 2.18. The number of halogens is 3. The van der Waals surface area contributed by atoms with E-state index in [2.05, 4.69) is 27.9 Å². The summed E-state index contributed by atoms with van der Waals surface area (Å²) in [4.78, 5) is 0. The maximum atomic E-state index is 13.4. The number of anilines is 1. The van der Waals surface area contributed by atoms with Crippen molar-refractivity contribution in [2.45, 2.75) is 13.5 Å². The summed E-state index contributed by atoms with van der Waals surface area (Å²) in [6, 6.07) is 10.1. The van der Waals surface area contributed by atoms with Crippen LogP contribution in [0.5, 0.6) is 0 Å². The van der Waals surface area contributed by atoms with E-state index in [0.717, 1.165) is 15.3 Å². The zero-order valence-corrected chi connectivity index (χ0v) is 12.0.